The molecule has 3 heteroatoms. The van der Waals surface area contributed by atoms with E-state index in [9.17, 15) is 4.79 Å². The van der Waals surface area contributed by atoms with E-state index in [1.165, 1.54) is 0 Å². The van der Waals surface area contributed by atoms with E-state index in [1.54, 1.807) is 0 Å². The van der Waals surface area contributed by atoms with E-state index < -0.39 is 6.10 Å². The summed E-state index contributed by atoms with van der Waals surface area (Å²) in [6.07, 6.45) is 0.111. The van der Waals surface area contributed by atoms with Crippen LogP contribution in [0.4, 0.5) is 5.69 Å². The third-order valence-electron chi connectivity index (χ3n) is 4.35. The van der Waals surface area contributed by atoms with Crippen LogP contribution in [0, 0.1) is 27.7 Å². The van der Waals surface area contributed by atoms with Crippen LogP contribution in [0.5, 0.6) is 5.75 Å². The maximum Gasteiger partial charge on any atom is 0.265 e. The first-order valence-corrected chi connectivity index (χ1v) is 8.04. The Morgan fingerprint density at radius 2 is 1.61 bits per heavy atom. The van der Waals surface area contributed by atoms with E-state index in [2.05, 4.69) is 5.32 Å². The fourth-order valence-electron chi connectivity index (χ4n) is 2.43. The second-order valence-corrected chi connectivity index (χ2v) is 5.95. The molecule has 0 aromatic heterocycles. The molecule has 2 aromatic carbocycles. The summed E-state index contributed by atoms with van der Waals surface area (Å²) in [7, 11) is 0. The van der Waals surface area contributed by atoms with Crippen molar-refractivity contribution in [1.82, 2.24) is 0 Å². The minimum absolute atomic E-state index is 0.109. The van der Waals surface area contributed by atoms with Crippen LogP contribution in [0.15, 0.2) is 36.4 Å². The molecule has 0 spiro atoms. The molecule has 1 N–H and O–H groups in total. The van der Waals surface area contributed by atoms with Crippen molar-refractivity contribution < 1.29 is 9.53 Å². The van der Waals surface area contributed by atoms with Crippen LogP contribution in [-0.4, -0.2) is 12.0 Å². The molecule has 3 nitrogen and oxygen atoms in total. The van der Waals surface area contributed by atoms with Crippen molar-refractivity contribution in [3.63, 3.8) is 0 Å². The minimum atomic E-state index is -0.504. The highest BCUT2D eigenvalue weighted by Gasteiger charge is 2.20. The highest BCUT2D eigenvalue weighted by molar-refractivity contribution is 5.95. The largest absolute Gasteiger partial charge is 0.480 e. The Morgan fingerprint density at radius 1 is 1.00 bits per heavy atom. The van der Waals surface area contributed by atoms with Crippen LogP contribution in [0.2, 0.25) is 0 Å². The van der Waals surface area contributed by atoms with Crippen molar-refractivity contribution in [3.05, 3.63) is 58.7 Å². The number of ether oxygens (including phenoxy) is 1. The molecule has 0 saturated heterocycles. The van der Waals surface area contributed by atoms with Crippen molar-refractivity contribution in [3.8, 4) is 5.75 Å². The zero-order valence-corrected chi connectivity index (χ0v) is 14.6. The summed E-state index contributed by atoms with van der Waals surface area (Å²) in [5, 5.41) is 2.99. The highest BCUT2D eigenvalue weighted by Crippen LogP contribution is 2.23. The Balaban J connectivity index is 2.15. The van der Waals surface area contributed by atoms with Gasteiger partial charge in [0.25, 0.3) is 5.91 Å². The lowest BCUT2D eigenvalue weighted by molar-refractivity contribution is -0.122. The predicted octanol–water partition coefficient (Wildman–Crippen LogP) is 4.72. The molecule has 1 atom stereocenters. The minimum Gasteiger partial charge on any atom is -0.480 e. The maximum absolute atomic E-state index is 12.6. The third kappa shape index (κ3) is 3.92. The van der Waals surface area contributed by atoms with Gasteiger partial charge >= 0.3 is 0 Å². The number of aryl methyl sites for hydroxylation is 2. The molecular formula is C20H25NO2. The Morgan fingerprint density at radius 3 is 2.26 bits per heavy atom. The third-order valence-corrected chi connectivity index (χ3v) is 4.35. The van der Waals surface area contributed by atoms with Gasteiger partial charge in [-0.2, -0.15) is 0 Å². The maximum atomic E-state index is 12.6. The summed E-state index contributed by atoms with van der Waals surface area (Å²) in [5.41, 5.74) is 5.32. The van der Waals surface area contributed by atoms with Crippen LogP contribution >= 0.6 is 0 Å². The van der Waals surface area contributed by atoms with E-state index in [-0.39, 0.29) is 5.91 Å². The van der Waals surface area contributed by atoms with Gasteiger partial charge in [0.1, 0.15) is 5.75 Å². The molecule has 0 aliphatic heterocycles. The molecule has 0 saturated carbocycles. The molecule has 0 fully saturated rings. The fraction of sp³-hybridized carbons (Fsp3) is 0.350. The first kappa shape index (κ1) is 17.1. The van der Waals surface area contributed by atoms with Crippen molar-refractivity contribution in [2.75, 3.05) is 5.32 Å². The lowest BCUT2D eigenvalue weighted by Crippen LogP contribution is -2.32. The topological polar surface area (TPSA) is 38.3 Å². The van der Waals surface area contributed by atoms with Crippen molar-refractivity contribution in [2.24, 2.45) is 0 Å². The van der Waals surface area contributed by atoms with E-state index in [0.717, 1.165) is 33.7 Å². The van der Waals surface area contributed by atoms with Crippen LogP contribution in [-0.2, 0) is 4.79 Å². The number of benzene rings is 2. The van der Waals surface area contributed by atoms with E-state index in [1.807, 2.05) is 71.0 Å². The molecule has 0 aliphatic rings. The summed E-state index contributed by atoms with van der Waals surface area (Å²) in [5.74, 6) is 0.662. The van der Waals surface area contributed by atoms with Gasteiger partial charge < -0.3 is 10.1 Å². The second-order valence-electron chi connectivity index (χ2n) is 5.95. The molecule has 0 aliphatic carbocycles. The number of nitrogens with one attached hydrogen (secondary N) is 1. The van der Waals surface area contributed by atoms with Crippen LogP contribution in [0.1, 0.15) is 35.6 Å². The zero-order valence-electron chi connectivity index (χ0n) is 14.6. The molecular weight excluding hydrogens is 286 g/mol. The summed E-state index contributed by atoms with van der Waals surface area (Å²) in [6.45, 7) is 10.1. The first-order chi connectivity index (χ1) is 10.9. The van der Waals surface area contributed by atoms with Gasteiger partial charge in [-0.05, 0) is 68.5 Å². The van der Waals surface area contributed by atoms with Crippen molar-refractivity contribution in [1.29, 1.82) is 0 Å². The molecule has 0 heterocycles. The first-order valence-electron chi connectivity index (χ1n) is 8.04. The number of hydrogen-bond acceptors (Lipinski definition) is 2. The quantitative estimate of drug-likeness (QED) is 0.868. The average Bonchev–Trinajstić information content (AvgIpc) is 2.53. The number of hydrogen-bond donors (Lipinski definition) is 1. The van der Waals surface area contributed by atoms with Gasteiger partial charge in [0.2, 0.25) is 0 Å². The SMILES string of the molecule is CCC(Oc1cccc(C)c1C)C(=O)Nc1cccc(C)c1C. The number of anilines is 1. The molecule has 1 unspecified atom stereocenters. The number of amides is 1. The summed E-state index contributed by atoms with van der Waals surface area (Å²) in [6, 6.07) is 11.8. The van der Waals surface area contributed by atoms with Crippen molar-refractivity contribution >= 4 is 11.6 Å². The standard InChI is InChI=1S/C20H25NO2/c1-6-18(23-19-12-8-10-14(3)16(19)5)20(22)21-17-11-7-9-13(2)15(17)4/h7-12,18H,6H2,1-5H3,(H,21,22). The Bertz CT molecular complexity index is 707. The fourth-order valence-corrected chi connectivity index (χ4v) is 2.43. The summed E-state index contributed by atoms with van der Waals surface area (Å²) >= 11 is 0. The molecule has 122 valence electrons. The second kappa shape index (κ2) is 7.32. The van der Waals surface area contributed by atoms with Crippen LogP contribution in [0.25, 0.3) is 0 Å². The average molecular weight is 311 g/mol. The van der Waals surface area contributed by atoms with Gasteiger partial charge in [0, 0.05) is 5.69 Å². The molecule has 2 aromatic rings. The van der Waals surface area contributed by atoms with E-state index in [0.29, 0.717) is 6.42 Å². The van der Waals surface area contributed by atoms with Crippen LogP contribution in [0.3, 0.4) is 0 Å². The lowest BCUT2D eigenvalue weighted by atomic mass is 10.1. The van der Waals surface area contributed by atoms with Gasteiger partial charge in [0.05, 0.1) is 0 Å². The Labute approximate surface area is 138 Å². The van der Waals surface area contributed by atoms with Crippen LogP contribution < -0.4 is 10.1 Å². The number of carbonyl (C=O) groups is 1. The molecule has 23 heavy (non-hydrogen) atoms. The van der Waals surface area contributed by atoms with Gasteiger partial charge in [-0.3, -0.25) is 4.79 Å². The Kier molecular flexibility index (Phi) is 5.43. The molecule has 2 rings (SSSR count). The normalized spacial score (nSPS) is 11.9. The molecule has 0 radical (unpaired) electrons. The lowest BCUT2D eigenvalue weighted by Gasteiger charge is -2.20. The van der Waals surface area contributed by atoms with Gasteiger partial charge in [-0.1, -0.05) is 31.2 Å². The van der Waals surface area contributed by atoms with Gasteiger partial charge in [-0.15, -0.1) is 0 Å². The zero-order chi connectivity index (χ0) is 17.0. The smallest absolute Gasteiger partial charge is 0.265 e. The molecule has 1 amide bonds. The van der Waals surface area contributed by atoms with E-state index in [4.69, 9.17) is 4.74 Å². The Hall–Kier alpha value is -2.29. The molecule has 0 bridgehead atoms. The highest BCUT2D eigenvalue weighted by atomic mass is 16.5. The van der Waals surface area contributed by atoms with Gasteiger partial charge in [-0.25, -0.2) is 0 Å². The number of rotatable bonds is 5. The van der Waals surface area contributed by atoms with E-state index >= 15 is 0 Å². The monoisotopic (exact) mass is 311 g/mol. The van der Waals surface area contributed by atoms with Gasteiger partial charge in [0.15, 0.2) is 6.10 Å². The summed E-state index contributed by atoms with van der Waals surface area (Å²) < 4.78 is 5.97. The number of carbonyl (C=O) groups excluding carboxylic acids is 1. The van der Waals surface area contributed by atoms with Crippen molar-refractivity contribution in [2.45, 2.75) is 47.1 Å². The summed E-state index contributed by atoms with van der Waals surface area (Å²) in [4.78, 5) is 12.6. The predicted molar refractivity (Wildman–Crippen MR) is 95.2 cm³/mol.